The first-order valence-corrected chi connectivity index (χ1v) is 10.8. The number of rotatable bonds is 5. The van der Waals surface area contributed by atoms with Crippen LogP contribution in [0.25, 0.3) is 10.8 Å². The quantitative estimate of drug-likeness (QED) is 0.396. The minimum absolute atomic E-state index is 0.0348. The van der Waals surface area contributed by atoms with E-state index >= 15 is 0 Å². The van der Waals surface area contributed by atoms with E-state index in [0.717, 1.165) is 5.56 Å². The Morgan fingerprint density at radius 2 is 1.65 bits per heavy atom. The SMILES string of the molecule is CC(C)(C)O.CCOC(=O)Cc1c(C)cc2cc(C)ccc2c1OS(=O)(=O)C(F)(F)F. The molecular weight excluding hydrogens is 437 g/mol. The Morgan fingerprint density at radius 1 is 1.10 bits per heavy atom. The molecule has 0 heterocycles. The molecule has 0 aliphatic carbocycles. The maximum Gasteiger partial charge on any atom is 0.534 e. The lowest BCUT2D eigenvalue weighted by Crippen LogP contribution is -2.28. The van der Waals surface area contributed by atoms with Gasteiger partial charge in [-0.1, -0.05) is 29.8 Å². The maximum atomic E-state index is 12.8. The van der Waals surface area contributed by atoms with E-state index in [1.165, 1.54) is 6.07 Å². The highest BCUT2D eigenvalue weighted by Crippen LogP contribution is 2.37. The van der Waals surface area contributed by atoms with Gasteiger partial charge < -0.3 is 14.0 Å². The van der Waals surface area contributed by atoms with Gasteiger partial charge in [-0.2, -0.15) is 21.6 Å². The van der Waals surface area contributed by atoms with E-state index in [-0.39, 0.29) is 17.6 Å². The second kappa shape index (κ2) is 9.86. The van der Waals surface area contributed by atoms with E-state index in [0.29, 0.717) is 10.9 Å². The number of aliphatic hydroxyl groups is 1. The van der Waals surface area contributed by atoms with Crippen LogP contribution in [0.4, 0.5) is 13.2 Å². The molecule has 2 aromatic rings. The second-order valence-electron chi connectivity index (χ2n) is 7.86. The summed E-state index contributed by atoms with van der Waals surface area (Å²) < 4.78 is 70.7. The van der Waals surface area contributed by atoms with Gasteiger partial charge in [0.15, 0.2) is 5.75 Å². The van der Waals surface area contributed by atoms with Crippen molar-refractivity contribution in [2.75, 3.05) is 6.61 Å². The number of benzene rings is 2. The molecule has 0 spiro atoms. The molecule has 0 aromatic heterocycles. The summed E-state index contributed by atoms with van der Waals surface area (Å²) in [5.41, 5.74) is -4.80. The molecule has 0 atom stereocenters. The van der Waals surface area contributed by atoms with Crippen LogP contribution in [0.5, 0.6) is 5.75 Å². The van der Waals surface area contributed by atoms with Crippen molar-refractivity contribution in [2.24, 2.45) is 0 Å². The number of esters is 1. The number of fused-ring (bicyclic) bond motifs is 1. The number of carbonyl (C=O) groups excluding carboxylic acids is 1. The van der Waals surface area contributed by atoms with Gasteiger partial charge in [0.25, 0.3) is 0 Å². The largest absolute Gasteiger partial charge is 0.534 e. The molecule has 2 rings (SSSR count). The zero-order valence-corrected chi connectivity index (χ0v) is 19.1. The molecule has 6 nitrogen and oxygen atoms in total. The molecule has 0 aliphatic rings. The molecule has 0 bridgehead atoms. The van der Waals surface area contributed by atoms with Gasteiger partial charge in [0.1, 0.15) is 0 Å². The van der Waals surface area contributed by atoms with Crippen LogP contribution in [0.15, 0.2) is 24.3 Å². The molecule has 1 N–H and O–H groups in total. The fourth-order valence-corrected chi connectivity index (χ4v) is 3.00. The summed E-state index contributed by atoms with van der Waals surface area (Å²) in [5.74, 6) is -1.21. The van der Waals surface area contributed by atoms with Crippen LogP contribution in [-0.4, -0.2) is 37.2 Å². The van der Waals surface area contributed by atoms with Crippen LogP contribution in [0, 0.1) is 13.8 Å². The molecule has 2 aromatic carbocycles. The summed E-state index contributed by atoms with van der Waals surface area (Å²) in [6.07, 6.45) is -0.411. The van der Waals surface area contributed by atoms with Gasteiger partial charge in [-0.25, -0.2) is 0 Å². The first-order chi connectivity index (χ1) is 14.0. The van der Waals surface area contributed by atoms with Crippen LogP contribution in [-0.2, 0) is 26.1 Å². The average Bonchev–Trinajstić information content (AvgIpc) is 2.55. The Labute approximate surface area is 180 Å². The third-order valence-corrected chi connectivity index (χ3v) is 4.63. The molecule has 0 saturated heterocycles. The first-order valence-electron chi connectivity index (χ1n) is 9.38. The van der Waals surface area contributed by atoms with Crippen molar-refractivity contribution in [1.82, 2.24) is 0 Å². The van der Waals surface area contributed by atoms with Crippen molar-refractivity contribution in [3.63, 3.8) is 0 Å². The van der Waals surface area contributed by atoms with Crippen LogP contribution >= 0.6 is 0 Å². The predicted octanol–water partition coefficient (Wildman–Crippen LogP) is 4.57. The number of ether oxygens (including phenoxy) is 1. The van der Waals surface area contributed by atoms with E-state index in [1.807, 2.05) is 0 Å². The topological polar surface area (TPSA) is 89.9 Å². The van der Waals surface area contributed by atoms with Gasteiger partial charge in [-0.05, 0) is 52.5 Å². The van der Waals surface area contributed by atoms with Crippen molar-refractivity contribution in [2.45, 2.75) is 59.1 Å². The smallest absolute Gasteiger partial charge is 0.466 e. The molecule has 31 heavy (non-hydrogen) atoms. The average molecular weight is 465 g/mol. The highest BCUT2D eigenvalue weighted by atomic mass is 32.2. The Kier molecular flexibility index (Phi) is 8.50. The third kappa shape index (κ3) is 8.02. The Balaban J connectivity index is 0.000000861. The molecule has 0 saturated carbocycles. The lowest BCUT2D eigenvalue weighted by Gasteiger charge is -2.17. The Hall–Kier alpha value is -2.33. The predicted molar refractivity (Wildman–Crippen MR) is 111 cm³/mol. The van der Waals surface area contributed by atoms with Crippen molar-refractivity contribution < 1.29 is 40.4 Å². The molecule has 0 aliphatic heterocycles. The van der Waals surface area contributed by atoms with Crippen molar-refractivity contribution in [3.05, 3.63) is 41.0 Å². The number of halogens is 3. The first kappa shape index (κ1) is 26.7. The van der Waals surface area contributed by atoms with Crippen molar-refractivity contribution in [1.29, 1.82) is 0 Å². The van der Waals surface area contributed by atoms with Crippen molar-refractivity contribution >= 4 is 26.9 Å². The zero-order chi connectivity index (χ0) is 24.2. The van der Waals surface area contributed by atoms with Crippen LogP contribution < -0.4 is 4.18 Å². The molecule has 0 unspecified atom stereocenters. The summed E-state index contributed by atoms with van der Waals surface area (Å²) in [4.78, 5) is 11.8. The van der Waals surface area contributed by atoms with Crippen LogP contribution in [0.1, 0.15) is 44.4 Å². The highest BCUT2D eigenvalue weighted by molar-refractivity contribution is 7.88. The summed E-state index contributed by atoms with van der Waals surface area (Å²) in [7, 11) is -5.89. The van der Waals surface area contributed by atoms with Crippen molar-refractivity contribution in [3.8, 4) is 5.75 Å². The van der Waals surface area contributed by atoms with Gasteiger partial charge >= 0.3 is 21.6 Å². The fourth-order valence-electron chi connectivity index (χ4n) is 2.50. The lowest BCUT2D eigenvalue weighted by molar-refractivity contribution is -0.142. The summed E-state index contributed by atoms with van der Waals surface area (Å²) in [5, 5.41) is 9.18. The summed E-state index contributed by atoms with van der Waals surface area (Å²) in [6.45, 7) is 10.2. The maximum absolute atomic E-state index is 12.8. The molecule has 0 amide bonds. The lowest BCUT2D eigenvalue weighted by atomic mass is 9.97. The van der Waals surface area contributed by atoms with E-state index in [4.69, 9.17) is 9.84 Å². The number of carbonyl (C=O) groups is 1. The molecule has 174 valence electrons. The highest BCUT2D eigenvalue weighted by Gasteiger charge is 2.49. The second-order valence-corrected chi connectivity index (χ2v) is 9.40. The molecular formula is C21H27F3O6S. The van der Waals surface area contributed by atoms with E-state index in [9.17, 15) is 26.4 Å². The van der Waals surface area contributed by atoms with Gasteiger partial charge in [0.05, 0.1) is 18.6 Å². The molecule has 0 radical (unpaired) electrons. The molecule has 10 heteroatoms. The normalized spacial score (nSPS) is 12.2. The standard InChI is InChI=1S/C17H17F3O5S.C4H10O/c1-4-24-15(21)9-14-11(3)8-12-7-10(2)5-6-13(12)16(14)25-26(22,23)17(18,19)20;1-4(2,3)5/h5-8H,4,9H2,1-3H3;5H,1-3H3. The number of aryl methyl sites for hydroxylation is 2. The molecule has 0 fully saturated rings. The van der Waals surface area contributed by atoms with Gasteiger partial charge in [0, 0.05) is 10.9 Å². The monoisotopic (exact) mass is 464 g/mol. The van der Waals surface area contributed by atoms with E-state index in [2.05, 4.69) is 4.18 Å². The zero-order valence-electron chi connectivity index (χ0n) is 18.3. The minimum atomic E-state index is -5.89. The fraction of sp³-hybridized carbons (Fsp3) is 0.476. The minimum Gasteiger partial charge on any atom is -0.466 e. The van der Waals surface area contributed by atoms with Crippen LogP contribution in [0.3, 0.4) is 0 Å². The Morgan fingerprint density at radius 3 is 2.13 bits per heavy atom. The summed E-state index contributed by atoms with van der Waals surface area (Å²) in [6, 6.07) is 6.41. The summed E-state index contributed by atoms with van der Waals surface area (Å²) >= 11 is 0. The van der Waals surface area contributed by atoms with E-state index in [1.54, 1.807) is 59.7 Å². The van der Waals surface area contributed by atoms with Gasteiger partial charge in [-0.15, -0.1) is 0 Å². The number of hydrogen-bond donors (Lipinski definition) is 1. The number of hydrogen-bond acceptors (Lipinski definition) is 6. The number of alkyl halides is 3. The van der Waals surface area contributed by atoms with Gasteiger partial charge in [0.2, 0.25) is 0 Å². The van der Waals surface area contributed by atoms with Crippen LogP contribution in [0.2, 0.25) is 0 Å². The third-order valence-electron chi connectivity index (χ3n) is 3.68. The van der Waals surface area contributed by atoms with Gasteiger partial charge in [-0.3, -0.25) is 4.79 Å². The Bertz CT molecular complexity index is 1030. The van der Waals surface area contributed by atoms with E-state index < -0.39 is 39.4 Å².